The summed E-state index contributed by atoms with van der Waals surface area (Å²) >= 11 is 0. The van der Waals surface area contributed by atoms with Crippen molar-refractivity contribution in [3.63, 3.8) is 0 Å². The fourth-order valence-corrected chi connectivity index (χ4v) is 2.85. The minimum Gasteiger partial charge on any atom is -0.514 e. The molecule has 0 aromatic heterocycles. The van der Waals surface area contributed by atoms with E-state index in [4.69, 9.17) is 18.6 Å². The predicted molar refractivity (Wildman–Crippen MR) is 77.8 cm³/mol. The minimum atomic E-state index is -0.409. The third-order valence-corrected chi connectivity index (χ3v) is 4.58. The molecule has 0 radical (unpaired) electrons. The van der Waals surface area contributed by atoms with Crippen LogP contribution < -0.4 is 0 Å². The van der Waals surface area contributed by atoms with E-state index >= 15 is 0 Å². The molecule has 1 N–H and O–H groups in total. The van der Waals surface area contributed by atoms with Crippen molar-refractivity contribution < 1.29 is 18.6 Å². The lowest BCUT2D eigenvalue weighted by Gasteiger charge is -2.32. The van der Waals surface area contributed by atoms with E-state index in [0.29, 0.717) is 5.92 Å². The molecule has 0 saturated carbocycles. The Hall–Kier alpha value is -0.0301. The zero-order valence-corrected chi connectivity index (χ0v) is 13.5. The summed E-state index contributed by atoms with van der Waals surface area (Å²) in [6.07, 6.45) is 0.177. The van der Waals surface area contributed by atoms with E-state index in [1.54, 1.807) is 0 Å². The first kappa shape index (κ1) is 15.4. The lowest BCUT2D eigenvalue weighted by Crippen LogP contribution is -2.43. The molecule has 6 heteroatoms. The molecule has 0 aliphatic carbocycles. The summed E-state index contributed by atoms with van der Waals surface area (Å²) < 4.78 is 22.9. The molecule has 2 saturated heterocycles. The predicted octanol–water partition coefficient (Wildman–Crippen LogP) is 2.01. The van der Waals surface area contributed by atoms with E-state index in [2.05, 4.69) is 27.7 Å². The van der Waals surface area contributed by atoms with E-state index < -0.39 is 7.01 Å². The highest BCUT2D eigenvalue weighted by molar-refractivity contribution is 7.10. The maximum Gasteiger partial charge on any atom is 0.709 e. The highest BCUT2D eigenvalue weighted by Gasteiger charge is 2.68. The third-order valence-electron chi connectivity index (χ3n) is 4.58. The van der Waals surface area contributed by atoms with Gasteiger partial charge < -0.3 is 18.6 Å². The van der Waals surface area contributed by atoms with E-state index in [1.807, 2.05) is 27.7 Å². The van der Waals surface area contributed by atoms with Crippen LogP contribution in [-0.2, 0) is 14.0 Å². The van der Waals surface area contributed by atoms with E-state index in [9.17, 15) is 0 Å². The van der Waals surface area contributed by atoms with Crippen molar-refractivity contribution in [1.29, 1.82) is 0 Å². The van der Waals surface area contributed by atoms with Crippen LogP contribution in [0.25, 0.3) is 0 Å². The van der Waals surface area contributed by atoms with Crippen LogP contribution in [0.5, 0.6) is 0 Å². The SMILES string of the molecule is CC(C)C1[OH+]B(B2OC(C)(C)C(C)(C)O2)OC1(C)C. The Morgan fingerprint density at radius 2 is 1.37 bits per heavy atom. The Bertz CT molecular complexity index is 339. The maximum absolute atomic E-state index is 6.08. The summed E-state index contributed by atoms with van der Waals surface area (Å²) in [7, 11) is -0.739. The van der Waals surface area contributed by atoms with Crippen molar-refractivity contribution in [2.24, 2.45) is 5.92 Å². The maximum atomic E-state index is 6.08. The molecule has 19 heavy (non-hydrogen) atoms. The lowest BCUT2D eigenvalue weighted by molar-refractivity contribution is -0.0250. The van der Waals surface area contributed by atoms with Gasteiger partial charge in [0.25, 0.3) is 0 Å². The van der Waals surface area contributed by atoms with Gasteiger partial charge in [0.2, 0.25) is 0 Å². The standard InChI is InChI=1S/C13H26B2O4/c1-9(2)10-11(3,4)17-14(16-10)15-18-12(5,6)13(7,8)19-15/h9-10H,1-8H3/p+1. The van der Waals surface area contributed by atoms with Crippen LogP contribution in [0.1, 0.15) is 55.4 Å². The van der Waals surface area contributed by atoms with Crippen LogP contribution in [0, 0.1) is 5.92 Å². The Morgan fingerprint density at radius 3 is 1.74 bits per heavy atom. The van der Waals surface area contributed by atoms with Gasteiger partial charge in [-0.05, 0) is 41.5 Å². The van der Waals surface area contributed by atoms with E-state index in [-0.39, 0.29) is 29.9 Å². The molecule has 2 aliphatic rings. The molecule has 2 fully saturated rings. The Kier molecular flexibility index (Phi) is 3.63. The average Bonchev–Trinajstić information content (AvgIpc) is 2.61. The Morgan fingerprint density at radius 1 is 0.895 bits per heavy atom. The zero-order chi connectivity index (χ0) is 14.6. The van der Waals surface area contributed by atoms with Gasteiger partial charge >= 0.3 is 14.0 Å². The van der Waals surface area contributed by atoms with E-state index in [0.717, 1.165) is 0 Å². The van der Waals surface area contributed by atoms with Crippen molar-refractivity contribution in [2.75, 3.05) is 0 Å². The molecule has 0 aromatic rings. The largest absolute Gasteiger partial charge is 0.709 e. The van der Waals surface area contributed by atoms with Crippen LogP contribution in [0.4, 0.5) is 0 Å². The quantitative estimate of drug-likeness (QED) is 0.568. The van der Waals surface area contributed by atoms with Gasteiger partial charge in [-0.25, -0.2) is 0 Å². The molecular formula is C13H27B2O4+. The molecule has 4 nitrogen and oxygen atoms in total. The Balaban J connectivity index is 2.11. The summed E-state index contributed by atoms with van der Waals surface area (Å²) in [6.45, 7) is 16.7. The molecule has 1 unspecified atom stereocenters. The van der Waals surface area contributed by atoms with Crippen molar-refractivity contribution >= 4 is 14.0 Å². The fourth-order valence-electron chi connectivity index (χ4n) is 2.85. The Labute approximate surface area is 117 Å². The molecule has 2 heterocycles. The monoisotopic (exact) mass is 269 g/mol. The van der Waals surface area contributed by atoms with Crippen LogP contribution in [0.3, 0.4) is 0 Å². The van der Waals surface area contributed by atoms with Gasteiger partial charge in [-0.3, -0.25) is 0 Å². The fraction of sp³-hybridized carbons (Fsp3) is 1.00. The van der Waals surface area contributed by atoms with E-state index in [1.165, 1.54) is 0 Å². The summed E-state index contributed by atoms with van der Waals surface area (Å²) in [5.74, 6) is 0.447. The third kappa shape index (κ3) is 2.60. The van der Waals surface area contributed by atoms with Gasteiger partial charge in [-0.1, -0.05) is 13.8 Å². The second-order valence-corrected chi connectivity index (χ2v) is 7.57. The van der Waals surface area contributed by atoms with Gasteiger partial charge in [0.05, 0.1) is 11.2 Å². The van der Waals surface area contributed by atoms with Gasteiger partial charge in [-0.2, -0.15) is 0 Å². The van der Waals surface area contributed by atoms with Gasteiger partial charge in [0.15, 0.2) is 6.10 Å². The van der Waals surface area contributed by atoms with Crippen LogP contribution in [0.15, 0.2) is 0 Å². The molecule has 0 aromatic carbocycles. The first-order chi connectivity index (χ1) is 8.46. The number of rotatable bonds is 2. The van der Waals surface area contributed by atoms with Gasteiger partial charge in [-0.15, -0.1) is 0 Å². The topological polar surface area (TPSA) is 40.5 Å². The van der Waals surface area contributed by atoms with Crippen molar-refractivity contribution in [3.8, 4) is 0 Å². The minimum absolute atomic E-state index is 0.177. The van der Waals surface area contributed by atoms with Crippen LogP contribution in [0.2, 0.25) is 0 Å². The van der Waals surface area contributed by atoms with Crippen molar-refractivity contribution in [1.82, 2.24) is 0 Å². The van der Waals surface area contributed by atoms with Crippen molar-refractivity contribution in [3.05, 3.63) is 0 Å². The summed E-state index contributed by atoms with van der Waals surface area (Å²) in [5, 5.41) is 0. The summed E-state index contributed by atoms with van der Waals surface area (Å²) in [5.41, 5.74) is -0.935. The summed E-state index contributed by atoms with van der Waals surface area (Å²) in [4.78, 5) is 0. The molecule has 2 rings (SSSR count). The molecule has 2 aliphatic heterocycles. The molecule has 1 atom stereocenters. The zero-order valence-electron chi connectivity index (χ0n) is 13.5. The molecule has 0 spiro atoms. The lowest BCUT2D eigenvalue weighted by atomic mass is 9.49. The number of hydrogen-bond donors (Lipinski definition) is 0. The molecular weight excluding hydrogens is 242 g/mol. The smallest absolute Gasteiger partial charge is 0.514 e. The summed E-state index contributed by atoms with van der Waals surface area (Å²) in [6, 6.07) is 0. The number of hydrogen-bond acceptors (Lipinski definition) is 3. The second-order valence-electron chi connectivity index (χ2n) is 7.57. The first-order valence-corrected chi connectivity index (χ1v) is 7.20. The van der Waals surface area contributed by atoms with Gasteiger partial charge in [0, 0.05) is 5.92 Å². The highest BCUT2D eigenvalue weighted by atomic mass is 16.7. The van der Waals surface area contributed by atoms with Gasteiger partial charge in [0.1, 0.15) is 5.60 Å². The molecule has 108 valence electrons. The second kappa shape index (κ2) is 4.48. The highest BCUT2D eigenvalue weighted by Crippen LogP contribution is 2.40. The van der Waals surface area contributed by atoms with Crippen LogP contribution in [-0.4, -0.2) is 41.6 Å². The normalized spacial score (nSPS) is 32.4. The molecule has 0 amide bonds. The first-order valence-electron chi connectivity index (χ1n) is 7.20. The number of aliphatic hydroxyl groups is 1. The van der Waals surface area contributed by atoms with Crippen LogP contribution >= 0.6 is 0 Å². The average molecular weight is 269 g/mol. The van der Waals surface area contributed by atoms with Crippen molar-refractivity contribution in [2.45, 2.75) is 78.3 Å². The molecule has 0 bridgehead atoms.